The molecule has 1 aromatic rings. The largest absolute Gasteiger partial charge is 0.0776 e. The molecule has 0 heterocycles. The van der Waals surface area contributed by atoms with Crippen LogP contribution in [0.5, 0.6) is 0 Å². The van der Waals surface area contributed by atoms with Gasteiger partial charge in [-0.15, -0.1) is 0 Å². The van der Waals surface area contributed by atoms with E-state index in [1.54, 1.807) is 0 Å². The van der Waals surface area contributed by atoms with Crippen LogP contribution < -0.4 is 0 Å². The maximum Gasteiger partial charge on any atom is -0.0590 e. The second-order valence-electron chi connectivity index (χ2n) is 2.57. The van der Waals surface area contributed by atoms with Crippen LogP contribution in [0.25, 0.3) is 0 Å². The summed E-state index contributed by atoms with van der Waals surface area (Å²) in [5.74, 6) is 0. The first-order valence-corrected chi connectivity index (χ1v) is 4.83. The molecule has 102 valence electrons. The zero-order valence-corrected chi connectivity index (χ0v) is 8.88. The van der Waals surface area contributed by atoms with Crippen molar-refractivity contribution < 1.29 is 0 Å². The van der Waals surface area contributed by atoms with Gasteiger partial charge in [0.05, 0.1) is 0 Å². The quantitative estimate of drug-likeness (QED) is 0.447. The first kappa shape index (κ1) is 36.2. The van der Waals surface area contributed by atoms with E-state index < -0.39 is 0 Å². The Labute approximate surface area is 107 Å². The summed E-state index contributed by atoms with van der Waals surface area (Å²) in [4.78, 5) is 0. The van der Waals surface area contributed by atoms with Crippen molar-refractivity contribution in [2.45, 2.75) is 70.2 Å². The van der Waals surface area contributed by atoms with Crippen molar-refractivity contribution in [2.24, 2.45) is 0 Å². The van der Waals surface area contributed by atoms with Crippen LogP contribution in [-0.2, 0) is 0 Å². The molecule has 0 nitrogen and oxygen atoms in total. The fraction of sp³-hybridized carbons (Fsp3) is 0.625. The minimum absolute atomic E-state index is 0. The number of hydrogen-bond donors (Lipinski definition) is 0. The van der Waals surface area contributed by atoms with E-state index in [2.05, 4.69) is 27.7 Å². The molecule has 0 aliphatic rings. The summed E-state index contributed by atoms with van der Waals surface area (Å²) in [7, 11) is 0. The topological polar surface area (TPSA) is 0 Å². The number of rotatable bonds is 0. The summed E-state index contributed by atoms with van der Waals surface area (Å²) >= 11 is 0. The summed E-state index contributed by atoms with van der Waals surface area (Å²) < 4.78 is 0. The zero-order chi connectivity index (χ0) is 9.66. The third kappa shape index (κ3) is 72.4. The van der Waals surface area contributed by atoms with Crippen molar-refractivity contribution >= 4 is 0 Å². The van der Waals surface area contributed by atoms with Gasteiger partial charge >= 0.3 is 0 Å². The highest BCUT2D eigenvalue weighted by Crippen LogP contribution is 1.79. The van der Waals surface area contributed by atoms with Gasteiger partial charge in [-0.1, -0.05) is 107 Å². The zero-order valence-electron chi connectivity index (χ0n) is 8.88. The standard InChI is InChI=1S/C6H6.2C3H8.4CH4/c1-2-4-6-5-3-1;2*1-3-2;;;;/h1-6H;2*3H2,1-2H3;4*1H4. The van der Waals surface area contributed by atoms with E-state index in [4.69, 9.17) is 0 Å². The van der Waals surface area contributed by atoms with E-state index in [1.807, 2.05) is 36.4 Å². The lowest BCUT2D eigenvalue weighted by molar-refractivity contribution is 1.09. The van der Waals surface area contributed by atoms with Crippen molar-refractivity contribution in [2.75, 3.05) is 0 Å². The lowest BCUT2D eigenvalue weighted by Gasteiger charge is -1.69. The normalized spacial score (nSPS) is 5.25. The Kier molecular flexibility index (Phi) is 108. The minimum atomic E-state index is 0. The van der Waals surface area contributed by atoms with E-state index in [0.29, 0.717) is 0 Å². The van der Waals surface area contributed by atoms with Crippen LogP contribution in [0.3, 0.4) is 0 Å². The Balaban J connectivity index is -0.0000000227. The third-order valence-electron chi connectivity index (χ3n) is 0.667. The minimum Gasteiger partial charge on any atom is -0.0776 e. The Morgan fingerprint density at radius 1 is 0.438 bits per heavy atom. The molecule has 1 rings (SSSR count). The summed E-state index contributed by atoms with van der Waals surface area (Å²) in [6.07, 6.45) is 2.50. The van der Waals surface area contributed by atoms with Crippen LogP contribution in [-0.4, -0.2) is 0 Å². The van der Waals surface area contributed by atoms with Gasteiger partial charge in [-0.3, -0.25) is 0 Å². The molecule has 1 aromatic carbocycles. The van der Waals surface area contributed by atoms with Gasteiger partial charge in [-0.05, 0) is 0 Å². The Morgan fingerprint density at radius 3 is 0.562 bits per heavy atom. The Hall–Kier alpha value is -0.780. The highest BCUT2D eigenvalue weighted by atomic mass is 13.6. The first-order chi connectivity index (χ1) is 5.83. The smallest absolute Gasteiger partial charge is 0.0590 e. The lowest BCUT2D eigenvalue weighted by atomic mass is 10.4. The fourth-order valence-electron chi connectivity index (χ4n) is 0.385. The maximum absolute atomic E-state index is 2.12. The van der Waals surface area contributed by atoms with Crippen LogP contribution in [0.4, 0.5) is 0 Å². The summed E-state index contributed by atoms with van der Waals surface area (Å²) in [5, 5.41) is 0. The van der Waals surface area contributed by atoms with Crippen molar-refractivity contribution in [3.63, 3.8) is 0 Å². The monoisotopic (exact) mass is 230 g/mol. The molecule has 16 heavy (non-hydrogen) atoms. The lowest BCUT2D eigenvalue weighted by Crippen LogP contribution is -1.47. The first-order valence-electron chi connectivity index (χ1n) is 4.83. The molecule has 0 aliphatic heterocycles. The molecule has 0 fully saturated rings. The van der Waals surface area contributed by atoms with Gasteiger partial charge in [0.2, 0.25) is 0 Å². The van der Waals surface area contributed by atoms with Crippen molar-refractivity contribution in [3.05, 3.63) is 36.4 Å². The van der Waals surface area contributed by atoms with Gasteiger partial charge in [-0.25, -0.2) is 0 Å². The molecular formula is C16H38. The second-order valence-corrected chi connectivity index (χ2v) is 2.57. The third-order valence-corrected chi connectivity index (χ3v) is 0.667. The Morgan fingerprint density at radius 2 is 0.500 bits per heavy atom. The van der Waals surface area contributed by atoms with Crippen LogP contribution in [0, 0.1) is 0 Å². The van der Waals surface area contributed by atoms with E-state index in [-0.39, 0.29) is 29.7 Å². The average molecular weight is 230 g/mol. The van der Waals surface area contributed by atoms with E-state index in [0.717, 1.165) is 0 Å². The molecule has 0 atom stereocenters. The SMILES string of the molecule is C.C.C.C.CCC.CCC.c1ccccc1. The predicted molar refractivity (Wildman–Crippen MR) is 85.3 cm³/mol. The number of hydrogen-bond acceptors (Lipinski definition) is 0. The number of benzene rings is 1. The molecule has 0 aliphatic carbocycles. The van der Waals surface area contributed by atoms with E-state index in [1.165, 1.54) is 12.8 Å². The highest BCUT2D eigenvalue weighted by Gasteiger charge is 1.57. The van der Waals surface area contributed by atoms with Gasteiger partial charge in [0.15, 0.2) is 0 Å². The van der Waals surface area contributed by atoms with Crippen molar-refractivity contribution in [1.82, 2.24) is 0 Å². The van der Waals surface area contributed by atoms with Gasteiger partial charge < -0.3 is 0 Å². The van der Waals surface area contributed by atoms with Gasteiger partial charge in [0.25, 0.3) is 0 Å². The summed E-state index contributed by atoms with van der Waals surface area (Å²) in [6.45, 7) is 8.50. The van der Waals surface area contributed by atoms with Crippen LogP contribution in [0.2, 0.25) is 0 Å². The van der Waals surface area contributed by atoms with Crippen LogP contribution >= 0.6 is 0 Å². The van der Waals surface area contributed by atoms with Gasteiger partial charge in [-0.2, -0.15) is 0 Å². The molecule has 0 spiro atoms. The fourth-order valence-corrected chi connectivity index (χ4v) is 0.385. The second kappa shape index (κ2) is 47.7. The van der Waals surface area contributed by atoms with Crippen LogP contribution in [0.15, 0.2) is 36.4 Å². The average Bonchev–Trinajstić information content (AvgIpc) is 2.10. The Bertz CT molecular complexity index is 92.0. The highest BCUT2D eigenvalue weighted by molar-refractivity contribution is 4.99. The molecule has 0 saturated heterocycles. The molecule has 0 aromatic heterocycles. The van der Waals surface area contributed by atoms with Gasteiger partial charge in [0.1, 0.15) is 0 Å². The summed E-state index contributed by atoms with van der Waals surface area (Å²) in [6, 6.07) is 12.0. The molecule has 0 bridgehead atoms. The molecule has 0 N–H and O–H groups in total. The van der Waals surface area contributed by atoms with E-state index in [9.17, 15) is 0 Å². The van der Waals surface area contributed by atoms with Crippen molar-refractivity contribution in [3.8, 4) is 0 Å². The molecule has 0 heteroatoms. The molecule has 0 unspecified atom stereocenters. The predicted octanol–water partition coefficient (Wildman–Crippen LogP) is 7.06. The van der Waals surface area contributed by atoms with Crippen molar-refractivity contribution in [1.29, 1.82) is 0 Å². The molecule has 0 radical (unpaired) electrons. The molecular weight excluding hydrogens is 192 g/mol. The molecule has 0 saturated carbocycles. The molecule has 0 amide bonds. The van der Waals surface area contributed by atoms with Gasteiger partial charge in [0, 0.05) is 0 Å². The summed E-state index contributed by atoms with van der Waals surface area (Å²) in [5.41, 5.74) is 0. The van der Waals surface area contributed by atoms with Crippen LogP contribution in [0.1, 0.15) is 70.2 Å². The van der Waals surface area contributed by atoms with E-state index >= 15 is 0 Å². The maximum atomic E-state index is 2.12.